The van der Waals surface area contributed by atoms with Gasteiger partial charge in [-0.05, 0) is 52.9 Å². The number of hydrogen-bond acceptors (Lipinski definition) is 3. The summed E-state index contributed by atoms with van der Waals surface area (Å²) in [6, 6.07) is 4.26. The molecule has 0 aromatic heterocycles. The van der Waals surface area contributed by atoms with Gasteiger partial charge in [-0.2, -0.15) is 0 Å². The molecule has 0 bridgehead atoms. The third-order valence-electron chi connectivity index (χ3n) is 3.57. The standard InChI is InChI=1S/C13H17BrN2O3S/c1-9-4-6-16(7-5-9)13(17)11-8-10(20(15,18)19)2-3-12(11)14/h2-3,8-9H,4-7H2,1H3,(H2,15,18,19). The molecule has 7 heteroatoms. The summed E-state index contributed by atoms with van der Waals surface area (Å²) in [6.45, 7) is 3.57. The van der Waals surface area contributed by atoms with Crippen LogP contribution in [0.2, 0.25) is 0 Å². The van der Waals surface area contributed by atoms with Crippen LogP contribution >= 0.6 is 15.9 Å². The molecule has 1 fully saturated rings. The van der Waals surface area contributed by atoms with Gasteiger partial charge in [0.2, 0.25) is 10.0 Å². The molecule has 1 saturated heterocycles. The van der Waals surface area contributed by atoms with Crippen LogP contribution in [0.25, 0.3) is 0 Å². The fraction of sp³-hybridized carbons (Fsp3) is 0.462. The Labute approximate surface area is 127 Å². The second-order valence-electron chi connectivity index (χ2n) is 5.16. The number of hydrogen-bond donors (Lipinski definition) is 1. The average molecular weight is 361 g/mol. The zero-order valence-corrected chi connectivity index (χ0v) is 13.6. The largest absolute Gasteiger partial charge is 0.339 e. The van der Waals surface area contributed by atoms with Crippen molar-refractivity contribution in [3.05, 3.63) is 28.2 Å². The minimum atomic E-state index is -3.81. The smallest absolute Gasteiger partial charge is 0.255 e. The van der Waals surface area contributed by atoms with Gasteiger partial charge in [-0.15, -0.1) is 0 Å². The van der Waals surface area contributed by atoms with Gasteiger partial charge in [-0.1, -0.05) is 6.92 Å². The molecule has 1 amide bonds. The highest BCUT2D eigenvalue weighted by molar-refractivity contribution is 9.10. The number of amides is 1. The first kappa shape index (κ1) is 15.5. The molecule has 1 aromatic carbocycles. The van der Waals surface area contributed by atoms with Crippen molar-refractivity contribution in [2.75, 3.05) is 13.1 Å². The molecular weight excluding hydrogens is 344 g/mol. The van der Waals surface area contributed by atoms with Crippen LogP contribution in [0.4, 0.5) is 0 Å². The predicted molar refractivity (Wildman–Crippen MR) is 79.8 cm³/mol. The van der Waals surface area contributed by atoms with E-state index in [9.17, 15) is 13.2 Å². The van der Waals surface area contributed by atoms with E-state index in [-0.39, 0.29) is 10.8 Å². The van der Waals surface area contributed by atoms with Crippen LogP contribution in [-0.4, -0.2) is 32.3 Å². The Morgan fingerprint density at radius 1 is 1.35 bits per heavy atom. The second kappa shape index (κ2) is 5.83. The molecule has 1 aliphatic heterocycles. The van der Waals surface area contributed by atoms with E-state index >= 15 is 0 Å². The molecular formula is C13H17BrN2O3S. The zero-order valence-electron chi connectivity index (χ0n) is 11.2. The molecule has 2 rings (SSSR count). The molecule has 0 radical (unpaired) electrons. The van der Waals surface area contributed by atoms with Gasteiger partial charge < -0.3 is 4.90 Å². The number of carbonyl (C=O) groups excluding carboxylic acids is 1. The molecule has 1 heterocycles. The van der Waals surface area contributed by atoms with E-state index in [0.29, 0.717) is 29.0 Å². The molecule has 1 aromatic rings. The number of rotatable bonds is 2. The Kier molecular flexibility index (Phi) is 4.51. The van der Waals surface area contributed by atoms with Gasteiger partial charge in [0.05, 0.1) is 10.5 Å². The van der Waals surface area contributed by atoms with Crippen molar-refractivity contribution in [2.24, 2.45) is 11.1 Å². The van der Waals surface area contributed by atoms with Gasteiger partial charge in [-0.3, -0.25) is 4.79 Å². The lowest BCUT2D eigenvalue weighted by atomic mass is 9.98. The van der Waals surface area contributed by atoms with Crippen molar-refractivity contribution in [3.63, 3.8) is 0 Å². The van der Waals surface area contributed by atoms with E-state index < -0.39 is 10.0 Å². The number of nitrogens with zero attached hydrogens (tertiary/aromatic N) is 1. The first-order valence-electron chi connectivity index (χ1n) is 6.40. The number of likely N-dealkylation sites (tertiary alicyclic amines) is 1. The Morgan fingerprint density at radius 3 is 2.50 bits per heavy atom. The van der Waals surface area contributed by atoms with Crippen molar-refractivity contribution in [1.29, 1.82) is 0 Å². The fourth-order valence-electron chi connectivity index (χ4n) is 2.23. The second-order valence-corrected chi connectivity index (χ2v) is 7.58. The minimum absolute atomic E-state index is 0.0468. The van der Waals surface area contributed by atoms with E-state index in [1.54, 1.807) is 11.0 Å². The van der Waals surface area contributed by atoms with E-state index in [4.69, 9.17) is 5.14 Å². The van der Waals surface area contributed by atoms with Gasteiger partial charge in [-0.25, -0.2) is 13.6 Å². The minimum Gasteiger partial charge on any atom is -0.339 e. The first-order chi connectivity index (χ1) is 9.29. The number of nitrogens with two attached hydrogens (primary N) is 1. The lowest BCUT2D eigenvalue weighted by Crippen LogP contribution is -2.38. The van der Waals surface area contributed by atoms with E-state index in [2.05, 4.69) is 22.9 Å². The van der Waals surface area contributed by atoms with Crippen LogP contribution in [0.15, 0.2) is 27.6 Å². The van der Waals surface area contributed by atoms with Gasteiger partial charge in [0.25, 0.3) is 5.91 Å². The fourth-order valence-corrected chi connectivity index (χ4v) is 3.18. The van der Waals surface area contributed by atoms with Gasteiger partial charge >= 0.3 is 0 Å². The van der Waals surface area contributed by atoms with Crippen molar-refractivity contribution < 1.29 is 13.2 Å². The van der Waals surface area contributed by atoms with E-state index in [1.807, 2.05) is 0 Å². The lowest BCUT2D eigenvalue weighted by molar-refractivity contribution is 0.0696. The molecule has 0 unspecified atom stereocenters. The summed E-state index contributed by atoms with van der Waals surface area (Å²) >= 11 is 3.29. The molecule has 0 spiro atoms. The molecule has 1 aliphatic rings. The SMILES string of the molecule is CC1CCN(C(=O)c2cc(S(N)(=O)=O)ccc2Br)CC1. The Morgan fingerprint density at radius 2 is 1.95 bits per heavy atom. The maximum atomic E-state index is 12.5. The Bertz CT molecular complexity index is 623. The molecule has 2 N–H and O–H groups in total. The summed E-state index contributed by atoms with van der Waals surface area (Å²) in [6.07, 6.45) is 1.94. The number of halogens is 1. The molecule has 20 heavy (non-hydrogen) atoms. The molecule has 0 saturated carbocycles. The summed E-state index contributed by atoms with van der Waals surface area (Å²) < 4.78 is 23.3. The molecule has 110 valence electrons. The van der Waals surface area contributed by atoms with Crippen LogP contribution < -0.4 is 5.14 Å². The van der Waals surface area contributed by atoms with Crippen molar-refractivity contribution in [3.8, 4) is 0 Å². The third-order valence-corrected chi connectivity index (χ3v) is 5.17. The third kappa shape index (κ3) is 3.39. The number of benzene rings is 1. The highest BCUT2D eigenvalue weighted by atomic mass is 79.9. The predicted octanol–water partition coefficient (Wildman–Crippen LogP) is 1.97. The number of carbonyl (C=O) groups is 1. The monoisotopic (exact) mass is 360 g/mol. The number of primary sulfonamides is 1. The van der Waals surface area contributed by atoms with E-state index in [0.717, 1.165) is 12.8 Å². The van der Waals surface area contributed by atoms with Crippen molar-refractivity contribution in [1.82, 2.24) is 4.90 Å². The highest BCUT2D eigenvalue weighted by Crippen LogP contribution is 2.24. The molecule has 5 nitrogen and oxygen atoms in total. The zero-order chi connectivity index (χ0) is 14.9. The maximum absolute atomic E-state index is 12.5. The summed E-state index contributed by atoms with van der Waals surface area (Å²) in [7, 11) is -3.81. The van der Waals surface area contributed by atoms with Crippen molar-refractivity contribution in [2.45, 2.75) is 24.7 Å². The van der Waals surface area contributed by atoms with Crippen molar-refractivity contribution >= 4 is 31.9 Å². The van der Waals surface area contributed by atoms with Gasteiger partial charge in [0, 0.05) is 17.6 Å². The lowest BCUT2D eigenvalue weighted by Gasteiger charge is -2.30. The summed E-state index contributed by atoms with van der Waals surface area (Å²) in [5.74, 6) is 0.465. The Hall–Kier alpha value is -0.920. The van der Waals surface area contributed by atoms with Crippen LogP contribution in [0.3, 0.4) is 0 Å². The van der Waals surface area contributed by atoms with E-state index in [1.165, 1.54) is 12.1 Å². The Balaban J connectivity index is 2.30. The van der Waals surface area contributed by atoms with Crippen LogP contribution in [0, 0.1) is 5.92 Å². The molecule has 0 aliphatic carbocycles. The van der Waals surface area contributed by atoms with Gasteiger partial charge in [0.15, 0.2) is 0 Å². The quantitative estimate of drug-likeness (QED) is 0.875. The average Bonchev–Trinajstić information content (AvgIpc) is 2.38. The van der Waals surface area contributed by atoms with Gasteiger partial charge in [0.1, 0.15) is 0 Å². The normalized spacial score (nSPS) is 17.2. The summed E-state index contributed by atoms with van der Waals surface area (Å²) in [5, 5.41) is 5.10. The van der Waals surface area contributed by atoms with Crippen LogP contribution in [0.1, 0.15) is 30.1 Å². The van der Waals surface area contributed by atoms with Crippen LogP contribution in [0.5, 0.6) is 0 Å². The highest BCUT2D eigenvalue weighted by Gasteiger charge is 2.24. The first-order valence-corrected chi connectivity index (χ1v) is 8.74. The number of sulfonamides is 1. The summed E-state index contributed by atoms with van der Waals surface area (Å²) in [5.41, 5.74) is 0.339. The maximum Gasteiger partial charge on any atom is 0.255 e. The van der Waals surface area contributed by atoms with Crippen LogP contribution in [-0.2, 0) is 10.0 Å². The summed E-state index contributed by atoms with van der Waals surface area (Å²) in [4.78, 5) is 14.2. The number of piperidine rings is 1. The molecule has 0 atom stereocenters. The topological polar surface area (TPSA) is 80.5 Å².